The van der Waals surface area contributed by atoms with Gasteiger partial charge in [0.1, 0.15) is 0 Å². The van der Waals surface area contributed by atoms with E-state index in [1.54, 1.807) is 0 Å². The topological polar surface area (TPSA) is 16.3 Å². The molecular formula is C95H85BN4. The second-order valence-corrected chi connectivity index (χ2v) is 29.6. The molecule has 0 N–H and O–H groups in total. The minimum absolute atomic E-state index is 0.00867. The van der Waals surface area contributed by atoms with E-state index < -0.39 is 155 Å². The molecule has 5 heteroatoms. The molecule has 488 valence electrons. The van der Waals surface area contributed by atoms with Crippen molar-refractivity contribution in [1.82, 2.24) is 9.13 Å². The Labute approximate surface area is 620 Å². The van der Waals surface area contributed by atoms with Crippen LogP contribution >= 0.6 is 0 Å². The predicted molar refractivity (Wildman–Crippen MR) is 430 cm³/mol. The lowest BCUT2D eigenvalue weighted by Gasteiger charge is -2.47. The third-order valence-corrected chi connectivity index (χ3v) is 20.1. The average Bonchev–Trinajstić information content (AvgIpc) is 1.47. The average molecular weight is 1310 g/mol. The summed E-state index contributed by atoms with van der Waals surface area (Å²) in [4.78, 5) is 4.04. The molecule has 15 aromatic rings. The first-order chi connectivity index (χ1) is 57.2. The van der Waals surface area contributed by atoms with Crippen molar-refractivity contribution in [2.45, 2.75) is 111 Å². The molecular weight excluding hydrogens is 1210 g/mol. The van der Waals surface area contributed by atoms with Gasteiger partial charge in [0.25, 0.3) is 6.71 Å². The van der Waals surface area contributed by atoms with Crippen LogP contribution in [0.2, 0.25) is 0 Å². The summed E-state index contributed by atoms with van der Waals surface area (Å²) in [6.07, 6.45) is 0.810. The molecule has 13 aromatic carbocycles. The number of benzene rings is 13. The highest BCUT2D eigenvalue weighted by atomic mass is 15.2. The van der Waals surface area contributed by atoms with Gasteiger partial charge in [-0.25, -0.2) is 0 Å². The second kappa shape index (κ2) is 23.9. The van der Waals surface area contributed by atoms with Crippen LogP contribution in [0.15, 0.2) is 285 Å². The van der Waals surface area contributed by atoms with Crippen LogP contribution in [0.5, 0.6) is 0 Å². The molecule has 100 heavy (non-hydrogen) atoms. The van der Waals surface area contributed by atoms with E-state index in [-0.39, 0.29) is 83.2 Å². The molecule has 2 aliphatic rings. The van der Waals surface area contributed by atoms with Crippen molar-refractivity contribution in [3.05, 3.63) is 307 Å². The summed E-state index contributed by atoms with van der Waals surface area (Å²) in [5.41, 5.74) is 6.65. The Morgan fingerprint density at radius 1 is 0.370 bits per heavy atom. The van der Waals surface area contributed by atoms with Gasteiger partial charge in [0.05, 0.1) is 62.2 Å². The van der Waals surface area contributed by atoms with Crippen molar-refractivity contribution in [3.8, 4) is 55.9 Å². The molecule has 17 rings (SSSR count). The molecule has 4 nitrogen and oxygen atoms in total. The Balaban J connectivity index is 1.20. The van der Waals surface area contributed by atoms with Crippen LogP contribution in [0.4, 0.5) is 34.1 Å². The zero-order valence-corrected chi connectivity index (χ0v) is 57.9. The van der Waals surface area contributed by atoms with E-state index in [0.717, 1.165) is 37.9 Å². The first kappa shape index (κ1) is 43.5. The number of fused-ring (bicyclic) bond motifs is 10. The van der Waals surface area contributed by atoms with Gasteiger partial charge >= 0.3 is 0 Å². The highest BCUT2D eigenvalue weighted by molar-refractivity contribution is 7.00. The van der Waals surface area contributed by atoms with Crippen molar-refractivity contribution >= 4 is 101 Å². The van der Waals surface area contributed by atoms with Crippen LogP contribution in [0.3, 0.4) is 0 Å². The number of anilines is 6. The summed E-state index contributed by atoms with van der Waals surface area (Å²) in [6, 6.07) is 38.3. The Morgan fingerprint density at radius 3 is 1.08 bits per heavy atom. The van der Waals surface area contributed by atoms with Crippen molar-refractivity contribution in [2.75, 3.05) is 9.80 Å². The highest BCUT2D eigenvalue weighted by Crippen LogP contribution is 2.56. The minimum Gasteiger partial charge on any atom is -0.310 e. The molecule has 4 heterocycles. The van der Waals surface area contributed by atoms with Gasteiger partial charge in [0, 0.05) is 77.9 Å². The van der Waals surface area contributed by atoms with Crippen LogP contribution in [0.25, 0.3) is 99.5 Å². The summed E-state index contributed by atoms with van der Waals surface area (Å²) in [5, 5.41) is -1.19. The second-order valence-electron chi connectivity index (χ2n) is 29.6. The molecule has 2 aromatic heterocycles. The first-order valence-electron chi connectivity index (χ1n) is 44.9. The molecule has 1 atom stereocenters. The van der Waals surface area contributed by atoms with Gasteiger partial charge in [0.15, 0.2) is 0 Å². The molecule has 0 spiro atoms. The molecule has 0 amide bonds. The van der Waals surface area contributed by atoms with E-state index in [1.165, 1.54) is 4.57 Å². The van der Waals surface area contributed by atoms with Gasteiger partial charge in [0.2, 0.25) is 0 Å². The molecule has 2 aliphatic heterocycles. The van der Waals surface area contributed by atoms with Crippen LogP contribution in [-0.2, 0) is 16.2 Å². The van der Waals surface area contributed by atoms with Gasteiger partial charge in [-0.1, -0.05) is 282 Å². The highest BCUT2D eigenvalue weighted by Gasteiger charge is 2.48. The van der Waals surface area contributed by atoms with E-state index in [1.807, 2.05) is 140 Å². The number of para-hydroxylation sites is 4. The quantitative estimate of drug-likeness (QED) is 0.120. The summed E-state index contributed by atoms with van der Waals surface area (Å²) in [6.45, 7) is 21.4. The number of rotatable bonds is 11. The third-order valence-electron chi connectivity index (χ3n) is 20.1. The molecule has 1 unspecified atom stereocenters. The summed E-state index contributed by atoms with van der Waals surface area (Å²) >= 11 is 0. The summed E-state index contributed by atoms with van der Waals surface area (Å²) < 4.78 is 214. The Kier molecular flexibility index (Phi) is 10.4. The van der Waals surface area contributed by atoms with Crippen LogP contribution in [0.1, 0.15) is 146 Å². The fraction of sp³-hybridized carbons (Fsp3) is 0.179. The zero-order chi connectivity index (χ0) is 86.8. The number of hydrogen-bond acceptors (Lipinski definition) is 2. The Bertz CT molecular complexity index is 6710. The van der Waals surface area contributed by atoms with Gasteiger partial charge < -0.3 is 18.9 Å². The maximum atomic E-state index is 12.0. The van der Waals surface area contributed by atoms with Crippen molar-refractivity contribution < 1.29 is 28.8 Å². The van der Waals surface area contributed by atoms with E-state index in [4.69, 9.17) is 2.74 Å². The van der Waals surface area contributed by atoms with Gasteiger partial charge in [-0.05, 0) is 174 Å². The number of aromatic nitrogens is 2. The van der Waals surface area contributed by atoms with Gasteiger partial charge in [-0.15, -0.1) is 0 Å². The maximum Gasteiger partial charge on any atom is 0.252 e. The third kappa shape index (κ3) is 10.2. The summed E-state index contributed by atoms with van der Waals surface area (Å²) in [5.74, 6) is -0.767. The lowest BCUT2D eigenvalue weighted by atomic mass is 9.32. The van der Waals surface area contributed by atoms with Crippen LogP contribution in [-0.4, -0.2) is 15.8 Å². The lowest BCUT2D eigenvalue weighted by Crippen LogP contribution is -2.62. The zero-order valence-electron chi connectivity index (χ0n) is 78.9. The fourth-order valence-electron chi connectivity index (χ4n) is 15.1. The van der Waals surface area contributed by atoms with Gasteiger partial charge in [-0.3, -0.25) is 0 Å². The van der Waals surface area contributed by atoms with Gasteiger partial charge in [-0.2, -0.15) is 0 Å². The SMILES string of the molecule is [2H]c1c([2H])c(-n2c3c([2H])c([2H])c([2H])c([2H])c3c3c([2H])c([2H])c([2H])c([2H])c32)c([2H])c2c1B1c3c(cc(C(C)(C)C)cc3N(c3c(-c4ccccc4)cc(C(C)(C)C)cc3-c3ccccc3)c3c([2H])c(-n4c5c([2H])c([2H])c([2H])c([2H])c5c5c([2H])c([2H])c([2H])c([2H])c54)c([2H])c(C(C)CCC)c31)N2c1c(-c2ccccc2)cc(C(C)(C)C)cc1-c1ccccc1. The van der Waals surface area contributed by atoms with Crippen molar-refractivity contribution in [2.24, 2.45) is 0 Å². The molecule has 0 saturated carbocycles. The van der Waals surface area contributed by atoms with Crippen molar-refractivity contribution in [1.29, 1.82) is 0 Å². The summed E-state index contributed by atoms with van der Waals surface area (Å²) in [7, 11) is 0. The molecule has 0 fully saturated rings. The van der Waals surface area contributed by atoms with E-state index >= 15 is 0 Å². The molecule has 0 aliphatic carbocycles. The van der Waals surface area contributed by atoms with Crippen molar-refractivity contribution in [3.63, 3.8) is 0 Å². The van der Waals surface area contributed by atoms with E-state index in [2.05, 4.69) is 104 Å². The smallest absolute Gasteiger partial charge is 0.252 e. The largest absolute Gasteiger partial charge is 0.310 e. The Hall–Kier alpha value is -10.9. The van der Waals surface area contributed by atoms with E-state index in [9.17, 15) is 26.0 Å². The standard InChI is InChI=1S/C95H85BN4/c1-12-33-61(2)75-58-70(98-83-48-31-27-44-73(83)74-45-28-32-49-84(74)98)60-88-89(75)96-80-51-50-69(97-81-46-29-25-42-71(81)72-43-26-30-47-82(72)97)59-85(80)99(91-76(62-34-17-13-18-35-62)52-66(93(3,4)5)53-77(91)63-36-19-14-20-37-63)86-56-68(95(9,10)11)57-87(90(86)96)100(88)92-78(64-38-21-15-22-39-64)54-67(94(6,7)8)55-79(92)65-40-23-16-24-41-65/h13-32,34-61H,12,33H2,1-11H3/i25D,26D,27D,28D,29D,30D,31D,32D,42D,43D,44D,45D,46D,47D,48D,49D,50D,51D,58D,59D,60D. The number of nitrogens with zero attached hydrogens (tertiary/aromatic N) is 4. The van der Waals surface area contributed by atoms with E-state index in [0.29, 0.717) is 68.9 Å². The normalized spacial score (nSPS) is 16.3. The van der Waals surface area contributed by atoms with Crippen LogP contribution in [0, 0.1) is 0 Å². The lowest BCUT2D eigenvalue weighted by molar-refractivity contribution is 0.590. The maximum absolute atomic E-state index is 12.0. The first-order valence-corrected chi connectivity index (χ1v) is 34.4. The molecule has 0 saturated heterocycles. The number of hydrogen-bond donors (Lipinski definition) is 0. The molecule has 0 bridgehead atoms. The van der Waals surface area contributed by atoms with Crippen LogP contribution < -0.4 is 26.2 Å². The monoisotopic (exact) mass is 1310 g/mol. The Morgan fingerprint density at radius 2 is 0.710 bits per heavy atom. The fourth-order valence-corrected chi connectivity index (χ4v) is 15.1. The minimum atomic E-state index is -1.45. The predicted octanol–water partition coefficient (Wildman–Crippen LogP) is 24.4. The molecule has 0 radical (unpaired) electrons.